The fourth-order valence-electron chi connectivity index (χ4n) is 1.52. The maximum absolute atomic E-state index is 11.7. The molecule has 0 bridgehead atoms. The van der Waals surface area contributed by atoms with Gasteiger partial charge < -0.3 is 10.5 Å². The summed E-state index contributed by atoms with van der Waals surface area (Å²) in [6, 6.07) is 0. The Morgan fingerprint density at radius 2 is 2.06 bits per heavy atom. The lowest BCUT2D eigenvalue weighted by Crippen LogP contribution is -2.55. The molecule has 0 aromatic heterocycles. The first-order valence-corrected chi connectivity index (χ1v) is 6.70. The number of methoxy groups -OCH3 is 1. The summed E-state index contributed by atoms with van der Waals surface area (Å²) in [6.45, 7) is 2.16. The van der Waals surface area contributed by atoms with E-state index in [0.717, 1.165) is 19.3 Å². The lowest BCUT2D eigenvalue weighted by atomic mass is 9.78. The third kappa shape index (κ3) is 4.18. The van der Waals surface area contributed by atoms with Gasteiger partial charge in [-0.3, -0.25) is 0 Å². The number of nitrogens with one attached hydrogen (secondary N) is 1. The van der Waals surface area contributed by atoms with Crippen LogP contribution in [-0.2, 0) is 14.8 Å². The summed E-state index contributed by atoms with van der Waals surface area (Å²) in [7, 11) is -1.80. The third-order valence-electron chi connectivity index (χ3n) is 2.91. The van der Waals surface area contributed by atoms with Crippen LogP contribution in [0.1, 0.15) is 26.2 Å². The van der Waals surface area contributed by atoms with E-state index in [-0.39, 0.29) is 24.6 Å². The highest BCUT2D eigenvalue weighted by Crippen LogP contribution is 2.28. The average molecular weight is 273 g/mol. The van der Waals surface area contributed by atoms with E-state index in [4.69, 9.17) is 10.5 Å². The molecule has 0 aromatic rings. The molecule has 0 heterocycles. The van der Waals surface area contributed by atoms with E-state index < -0.39 is 15.3 Å². The zero-order chi connectivity index (χ0) is 11.5. The van der Waals surface area contributed by atoms with Gasteiger partial charge >= 0.3 is 0 Å². The van der Waals surface area contributed by atoms with E-state index in [0.29, 0.717) is 6.54 Å². The highest BCUT2D eigenvalue weighted by Gasteiger charge is 2.34. The molecule has 1 fully saturated rings. The van der Waals surface area contributed by atoms with Crippen molar-refractivity contribution in [3.63, 3.8) is 0 Å². The van der Waals surface area contributed by atoms with Crippen LogP contribution in [-0.4, -0.2) is 39.5 Å². The Labute approximate surface area is 104 Å². The monoisotopic (exact) mass is 272 g/mol. The summed E-state index contributed by atoms with van der Waals surface area (Å²) < 4.78 is 30.7. The third-order valence-corrected chi connectivity index (χ3v) is 4.65. The molecule has 1 rings (SSSR count). The Morgan fingerprint density at radius 3 is 2.44 bits per heavy atom. The molecule has 0 aliphatic heterocycles. The van der Waals surface area contributed by atoms with Crippen LogP contribution >= 0.6 is 12.4 Å². The van der Waals surface area contributed by atoms with Crippen LogP contribution < -0.4 is 10.5 Å². The summed E-state index contributed by atoms with van der Waals surface area (Å²) in [5.41, 5.74) is 5.61. The first-order chi connectivity index (χ1) is 6.90. The molecule has 98 valence electrons. The van der Waals surface area contributed by atoms with Crippen molar-refractivity contribution in [1.82, 2.24) is 4.72 Å². The van der Waals surface area contributed by atoms with Gasteiger partial charge in [-0.25, -0.2) is 13.1 Å². The number of ether oxygens (including phenoxy) is 1. The Hall–Kier alpha value is 0.120. The lowest BCUT2D eigenvalue weighted by molar-refractivity contribution is 0.199. The number of hydrogen-bond acceptors (Lipinski definition) is 4. The second kappa shape index (κ2) is 6.16. The standard InChI is InChI=1S/C9H20N2O3S.ClH/c1-8(6-14-2)15(12,13)11-7-9(10)4-3-5-9;/h8,11H,3-7,10H2,1-2H3;1H. The van der Waals surface area contributed by atoms with Crippen molar-refractivity contribution in [3.05, 3.63) is 0 Å². The molecule has 1 saturated carbocycles. The van der Waals surface area contributed by atoms with Crippen molar-refractivity contribution >= 4 is 22.4 Å². The zero-order valence-corrected chi connectivity index (χ0v) is 11.4. The predicted molar refractivity (Wildman–Crippen MR) is 66.3 cm³/mol. The summed E-state index contributed by atoms with van der Waals surface area (Å²) >= 11 is 0. The maximum Gasteiger partial charge on any atom is 0.216 e. The number of halogens is 1. The van der Waals surface area contributed by atoms with E-state index in [1.54, 1.807) is 6.92 Å². The summed E-state index contributed by atoms with van der Waals surface area (Å²) in [4.78, 5) is 0. The Morgan fingerprint density at radius 1 is 1.50 bits per heavy atom. The highest BCUT2D eigenvalue weighted by molar-refractivity contribution is 7.90. The fraction of sp³-hybridized carbons (Fsp3) is 1.00. The highest BCUT2D eigenvalue weighted by atomic mass is 35.5. The second-order valence-corrected chi connectivity index (χ2v) is 6.53. The van der Waals surface area contributed by atoms with Crippen LogP contribution in [0.15, 0.2) is 0 Å². The zero-order valence-electron chi connectivity index (χ0n) is 9.73. The van der Waals surface area contributed by atoms with Gasteiger partial charge in [0.1, 0.15) is 0 Å². The molecule has 0 radical (unpaired) electrons. The Kier molecular flexibility index (Phi) is 6.21. The molecule has 1 aliphatic carbocycles. The minimum atomic E-state index is -3.29. The molecule has 0 aromatic carbocycles. The van der Waals surface area contributed by atoms with Crippen molar-refractivity contribution in [1.29, 1.82) is 0 Å². The molecule has 1 aliphatic rings. The fourth-order valence-corrected chi connectivity index (χ4v) is 2.61. The molecule has 1 unspecified atom stereocenters. The largest absolute Gasteiger partial charge is 0.383 e. The maximum atomic E-state index is 11.7. The SMILES string of the molecule is COCC(C)S(=O)(=O)NCC1(N)CCC1.Cl. The molecule has 5 nitrogen and oxygen atoms in total. The molecular weight excluding hydrogens is 252 g/mol. The van der Waals surface area contributed by atoms with Crippen molar-refractivity contribution in [3.8, 4) is 0 Å². The van der Waals surface area contributed by atoms with Crippen LogP contribution in [0, 0.1) is 0 Å². The van der Waals surface area contributed by atoms with E-state index >= 15 is 0 Å². The minimum Gasteiger partial charge on any atom is -0.383 e. The van der Waals surface area contributed by atoms with Gasteiger partial charge in [0, 0.05) is 19.2 Å². The molecular formula is C9H21ClN2O3S. The summed E-state index contributed by atoms with van der Waals surface area (Å²) in [5.74, 6) is 0. The second-order valence-electron chi connectivity index (χ2n) is 4.35. The molecule has 0 saturated heterocycles. The number of nitrogens with two attached hydrogens (primary N) is 1. The average Bonchev–Trinajstić information content (AvgIpc) is 2.12. The number of sulfonamides is 1. The predicted octanol–water partition coefficient (Wildman–Crippen LogP) is 0.244. The van der Waals surface area contributed by atoms with Gasteiger partial charge in [-0.2, -0.15) is 0 Å². The van der Waals surface area contributed by atoms with Gasteiger partial charge in [0.2, 0.25) is 10.0 Å². The van der Waals surface area contributed by atoms with Gasteiger partial charge in [0.05, 0.1) is 11.9 Å². The van der Waals surface area contributed by atoms with Gasteiger partial charge in [0.25, 0.3) is 0 Å². The normalized spacial score (nSPS) is 20.7. The minimum absolute atomic E-state index is 0. The van der Waals surface area contributed by atoms with Gasteiger partial charge in [-0.15, -0.1) is 12.4 Å². The van der Waals surface area contributed by atoms with Gasteiger partial charge in [-0.05, 0) is 26.2 Å². The van der Waals surface area contributed by atoms with Crippen molar-refractivity contribution in [2.75, 3.05) is 20.3 Å². The van der Waals surface area contributed by atoms with Crippen LogP contribution in [0.2, 0.25) is 0 Å². The summed E-state index contributed by atoms with van der Waals surface area (Å²) in [6.07, 6.45) is 2.88. The molecule has 0 spiro atoms. The number of rotatable bonds is 6. The quantitative estimate of drug-likeness (QED) is 0.726. The molecule has 16 heavy (non-hydrogen) atoms. The van der Waals surface area contributed by atoms with E-state index in [9.17, 15) is 8.42 Å². The van der Waals surface area contributed by atoms with Crippen molar-refractivity contribution in [2.45, 2.75) is 37.0 Å². The van der Waals surface area contributed by atoms with Crippen LogP contribution in [0.3, 0.4) is 0 Å². The van der Waals surface area contributed by atoms with Crippen LogP contribution in [0.4, 0.5) is 0 Å². The first kappa shape index (κ1) is 16.1. The van der Waals surface area contributed by atoms with E-state index in [1.165, 1.54) is 7.11 Å². The smallest absolute Gasteiger partial charge is 0.216 e. The van der Waals surface area contributed by atoms with E-state index in [2.05, 4.69) is 4.72 Å². The van der Waals surface area contributed by atoms with Crippen LogP contribution in [0.5, 0.6) is 0 Å². The van der Waals surface area contributed by atoms with Crippen molar-refractivity contribution in [2.24, 2.45) is 5.73 Å². The van der Waals surface area contributed by atoms with Gasteiger partial charge in [-0.1, -0.05) is 0 Å². The van der Waals surface area contributed by atoms with Gasteiger partial charge in [0.15, 0.2) is 0 Å². The lowest BCUT2D eigenvalue weighted by Gasteiger charge is -2.38. The molecule has 3 N–H and O–H groups in total. The molecule has 0 amide bonds. The molecule has 7 heteroatoms. The van der Waals surface area contributed by atoms with E-state index in [1.807, 2.05) is 0 Å². The molecule has 1 atom stereocenters. The Bertz CT molecular complexity index is 304. The summed E-state index contributed by atoms with van der Waals surface area (Å²) in [5, 5.41) is -0.536. The Balaban J connectivity index is 0.00000225. The first-order valence-electron chi connectivity index (χ1n) is 5.16. The topological polar surface area (TPSA) is 81.4 Å². The van der Waals surface area contributed by atoms with Crippen LogP contribution in [0.25, 0.3) is 0 Å². The number of hydrogen-bond donors (Lipinski definition) is 2. The van der Waals surface area contributed by atoms with Crippen molar-refractivity contribution < 1.29 is 13.2 Å².